The van der Waals surface area contributed by atoms with Crippen LogP contribution < -0.4 is 24.8 Å². The molecular weight excluding hydrogens is 403 g/mol. The minimum absolute atomic E-state index is 0. The third-order valence-corrected chi connectivity index (χ3v) is 5.39. The second kappa shape index (κ2) is 13.1. The zero-order valence-electron chi connectivity index (χ0n) is 16.5. The summed E-state index contributed by atoms with van der Waals surface area (Å²) in [5, 5.41) is 10.8. The Hall–Kier alpha value is -0.119. The summed E-state index contributed by atoms with van der Waals surface area (Å²) < 4.78 is 0. The molecule has 1 N–H and O–H groups in total. The number of hydrogen-bond acceptors (Lipinski definition) is 1. The van der Waals surface area contributed by atoms with E-state index in [0.717, 1.165) is 12.0 Å². The molecule has 0 saturated heterocycles. The van der Waals surface area contributed by atoms with Gasteiger partial charge in [-0.25, -0.2) is 11.3 Å². The van der Waals surface area contributed by atoms with Crippen molar-refractivity contribution in [3.05, 3.63) is 52.8 Å². The van der Waals surface area contributed by atoms with Gasteiger partial charge in [0.1, 0.15) is 5.75 Å². The minimum atomic E-state index is -1.01. The Morgan fingerprint density at radius 2 is 1.60 bits per heavy atom. The monoisotopic (exact) mass is 433 g/mol. The number of aromatic hydroxyl groups is 1. The number of phenols is 1. The van der Waals surface area contributed by atoms with Crippen LogP contribution in [0, 0.1) is 13.0 Å². The van der Waals surface area contributed by atoms with E-state index in [-0.39, 0.29) is 30.2 Å². The van der Waals surface area contributed by atoms with Crippen molar-refractivity contribution in [3.8, 4) is 5.75 Å². The van der Waals surface area contributed by atoms with E-state index < -0.39 is 8.07 Å². The van der Waals surface area contributed by atoms with Gasteiger partial charge in [-0.1, -0.05) is 46.5 Å². The van der Waals surface area contributed by atoms with Crippen molar-refractivity contribution in [1.82, 2.24) is 0 Å². The maximum Gasteiger partial charge on any atom is -1.00 e. The van der Waals surface area contributed by atoms with Gasteiger partial charge in [0.25, 0.3) is 0 Å². The van der Waals surface area contributed by atoms with Gasteiger partial charge in [0, 0.05) is 8.07 Å². The van der Waals surface area contributed by atoms with Crippen LogP contribution >= 0.6 is 0 Å². The van der Waals surface area contributed by atoms with Crippen LogP contribution in [0.5, 0.6) is 5.75 Å². The van der Waals surface area contributed by atoms with Crippen LogP contribution in [0.25, 0.3) is 0 Å². The third-order valence-electron chi connectivity index (χ3n) is 3.43. The largest absolute Gasteiger partial charge is 1.00 e. The minimum Gasteiger partial charge on any atom is -1.00 e. The van der Waals surface area contributed by atoms with Crippen molar-refractivity contribution in [2.75, 3.05) is 0 Å². The van der Waals surface area contributed by atoms with Crippen molar-refractivity contribution < 1.29 is 49.9 Å². The van der Waals surface area contributed by atoms with Crippen LogP contribution in [0.1, 0.15) is 38.3 Å². The topological polar surface area (TPSA) is 20.2 Å². The average Bonchev–Trinajstić information content (AvgIpc) is 2.93. The predicted octanol–water partition coefficient (Wildman–Crippen LogP) is -0.475. The summed E-state index contributed by atoms with van der Waals surface area (Å²) in [6.45, 7) is 15.5. The van der Waals surface area contributed by atoms with Crippen LogP contribution in [-0.4, -0.2) is 18.0 Å². The zero-order valence-corrected chi connectivity index (χ0v) is 20.6. The Morgan fingerprint density at radius 1 is 1.08 bits per heavy atom. The van der Waals surface area contributed by atoms with E-state index in [9.17, 15) is 5.11 Å². The zero-order chi connectivity index (χ0) is 18.3. The van der Waals surface area contributed by atoms with Gasteiger partial charge in [0.05, 0.1) is 0 Å². The molecule has 0 unspecified atom stereocenters. The second-order valence-electron chi connectivity index (χ2n) is 7.75. The number of hydrogen-bond donors (Lipinski definition) is 1. The van der Waals surface area contributed by atoms with Gasteiger partial charge < -0.3 is 29.9 Å². The molecule has 141 valence electrons. The smallest absolute Gasteiger partial charge is 1.00 e. The summed E-state index contributed by atoms with van der Waals surface area (Å²) in [4.78, 5) is 3.25. The van der Waals surface area contributed by atoms with E-state index in [1.807, 2.05) is 13.0 Å². The molecule has 2 rings (SSSR count). The van der Waals surface area contributed by atoms with E-state index in [2.05, 4.69) is 69.5 Å². The summed E-state index contributed by atoms with van der Waals surface area (Å²) in [5.74, 6) is 0.361. The molecule has 0 fully saturated rings. The first-order valence-electron chi connectivity index (χ1n) is 7.94. The Bertz CT molecular complexity index is 550. The van der Waals surface area contributed by atoms with Crippen molar-refractivity contribution in [1.29, 1.82) is 0 Å². The van der Waals surface area contributed by atoms with Crippen LogP contribution in [-0.2, 0) is 25.4 Å². The van der Waals surface area contributed by atoms with Gasteiger partial charge in [0.15, 0.2) is 0 Å². The Kier molecular flexibility index (Phi) is 15.5. The van der Waals surface area contributed by atoms with Crippen LogP contribution in [0.4, 0.5) is 0 Å². The molecule has 0 aromatic heterocycles. The fourth-order valence-corrected chi connectivity index (χ4v) is 3.37. The number of benzene rings is 1. The maximum absolute atomic E-state index is 9.36. The number of phenolic OH excluding ortho intramolecular Hbond substituents is 1. The van der Waals surface area contributed by atoms with Gasteiger partial charge in [-0.15, -0.1) is 6.42 Å². The molecule has 25 heavy (non-hydrogen) atoms. The Morgan fingerprint density at radius 3 is 1.88 bits per heavy atom. The van der Waals surface area contributed by atoms with Gasteiger partial charge in [-0.05, 0) is 35.6 Å². The van der Waals surface area contributed by atoms with E-state index in [0.29, 0.717) is 5.75 Å². The SMILES string of the molecule is C[Si](C)(C)C1=[C-]CC=C1.Cc1cc(O)cc(C(C)(C)C)c1.[CH2]=[Ti+].[Cl-].[Cl-]. The first kappa shape index (κ1) is 29.6. The van der Waals surface area contributed by atoms with Crippen LogP contribution in [0.3, 0.4) is 0 Å². The van der Waals surface area contributed by atoms with Gasteiger partial charge in [-0.2, -0.15) is 6.08 Å². The van der Waals surface area contributed by atoms with E-state index in [1.54, 1.807) is 26.0 Å². The quantitative estimate of drug-likeness (QED) is 0.468. The Labute approximate surface area is 179 Å². The molecule has 0 radical (unpaired) electrons. The average molecular weight is 434 g/mol. The molecule has 1 aliphatic carbocycles. The predicted molar refractivity (Wildman–Crippen MR) is 103 cm³/mol. The summed E-state index contributed by atoms with van der Waals surface area (Å²) in [6, 6.07) is 5.71. The molecular formula is C20H31Cl2OSiTi-2. The van der Waals surface area contributed by atoms with Crippen molar-refractivity contribution in [2.24, 2.45) is 0 Å². The molecule has 0 amide bonds. The normalized spacial score (nSPS) is 12.4. The van der Waals surface area contributed by atoms with Gasteiger partial charge in [-0.3, -0.25) is 6.08 Å². The molecule has 1 aromatic carbocycles. The first-order chi connectivity index (χ1) is 10.5. The molecule has 0 bridgehead atoms. The summed E-state index contributed by atoms with van der Waals surface area (Å²) in [5.41, 5.74) is 2.41. The third kappa shape index (κ3) is 12.0. The fourth-order valence-electron chi connectivity index (χ4n) is 2.12. The molecule has 0 heterocycles. The Balaban J connectivity index is -0.000000336. The standard InChI is InChI=1S/C11H16O.C8H13Si.CH2.2ClH.Ti/c1-8-5-9(11(2,3)4)7-10(12)6-8;1-9(2,3)8-6-4-5-7-8;;;;/h5-7,12H,1-4H3;4,6H,5H2,1-3H3;1H2;2*1H;/q;-1;;;;+1/p-2. The van der Waals surface area contributed by atoms with E-state index in [1.165, 1.54) is 10.8 Å². The molecule has 1 aromatic rings. The van der Waals surface area contributed by atoms with Crippen molar-refractivity contribution >= 4 is 12.9 Å². The molecule has 5 heteroatoms. The van der Waals surface area contributed by atoms with E-state index >= 15 is 0 Å². The number of halogens is 2. The van der Waals surface area contributed by atoms with Crippen molar-refractivity contribution in [3.63, 3.8) is 0 Å². The molecule has 1 nitrogen and oxygen atoms in total. The summed E-state index contributed by atoms with van der Waals surface area (Å²) >= 11 is 1.75. The molecule has 0 atom stereocenters. The summed E-state index contributed by atoms with van der Waals surface area (Å²) in [6.07, 6.45) is 8.82. The summed E-state index contributed by atoms with van der Waals surface area (Å²) in [7, 11) is -1.01. The van der Waals surface area contributed by atoms with Gasteiger partial charge in [0.2, 0.25) is 0 Å². The molecule has 0 saturated carbocycles. The number of aryl methyl sites for hydroxylation is 1. The maximum atomic E-state index is 9.36. The second-order valence-corrected chi connectivity index (χ2v) is 12.8. The van der Waals surface area contributed by atoms with Crippen molar-refractivity contribution in [2.45, 2.75) is 59.2 Å². The molecule has 0 spiro atoms. The molecule has 1 aliphatic rings. The van der Waals surface area contributed by atoms with Crippen LogP contribution in [0.15, 0.2) is 35.5 Å². The number of rotatable bonds is 1. The molecule has 0 aliphatic heterocycles. The van der Waals surface area contributed by atoms with Crippen LogP contribution in [0.2, 0.25) is 19.6 Å². The van der Waals surface area contributed by atoms with Gasteiger partial charge >= 0.3 is 24.8 Å². The fraction of sp³-hybridized carbons (Fsp3) is 0.450. The first-order valence-corrected chi connectivity index (χ1v) is 12.5. The number of allylic oxidation sites excluding steroid dienone is 4. The van der Waals surface area contributed by atoms with E-state index in [4.69, 9.17) is 0 Å².